The molecule has 1 aliphatic carbocycles. The molecule has 1 aromatic heterocycles. The molecule has 148 valence electrons. The highest BCUT2D eigenvalue weighted by Gasteiger charge is 2.18. The van der Waals surface area contributed by atoms with Gasteiger partial charge in [0.15, 0.2) is 0 Å². The van der Waals surface area contributed by atoms with E-state index in [-0.39, 0.29) is 11.5 Å². The van der Waals surface area contributed by atoms with Crippen molar-refractivity contribution in [2.75, 3.05) is 5.32 Å². The fourth-order valence-corrected chi connectivity index (χ4v) is 3.93. The van der Waals surface area contributed by atoms with Gasteiger partial charge in [0, 0.05) is 28.3 Å². The number of H-pyrrole nitrogens is 1. The summed E-state index contributed by atoms with van der Waals surface area (Å²) in [6, 6.07) is 12.9. The average molecular weight is 408 g/mol. The molecule has 0 aliphatic heterocycles. The molecular weight excluding hydrogens is 386 g/mol. The van der Waals surface area contributed by atoms with Crippen LogP contribution >= 0.6 is 11.6 Å². The van der Waals surface area contributed by atoms with Crippen molar-refractivity contribution in [2.24, 2.45) is 0 Å². The summed E-state index contributed by atoms with van der Waals surface area (Å²) in [7, 11) is 0. The van der Waals surface area contributed by atoms with Crippen molar-refractivity contribution in [1.82, 2.24) is 10.2 Å². The number of aryl methyl sites for hydroxylation is 1. The molecule has 0 radical (unpaired) electrons. The third-order valence-electron chi connectivity index (χ3n) is 5.36. The van der Waals surface area contributed by atoms with Gasteiger partial charge in [-0.3, -0.25) is 9.59 Å². The summed E-state index contributed by atoms with van der Waals surface area (Å²) in [5.41, 5.74) is 5.94. The molecule has 0 fully saturated rings. The van der Waals surface area contributed by atoms with Crippen LogP contribution in [0.2, 0.25) is 5.02 Å². The third kappa shape index (κ3) is 4.25. The van der Waals surface area contributed by atoms with Gasteiger partial charge in [-0.15, -0.1) is 0 Å². The second-order valence-corrected chi connectivity index (χ2v) is 7.87. The average Bonchev–Trinajstić information content (AvgIpc) is 2.73. The Hall–Kier alpha value is -2.92. The van der Waals surface area contributed by atoms with Crippen molar-refractivity contribution < 1.29 is 4.79 Å². The van der Waals surface area contributed by atoms with Crippen LogP contribution in [-0.2, 0) is 19.3 Å². The number of halogens is 1. The Morgan fingerprint density at radius 2 is 1.93 bits per heavy atom. The Morgan fingerprint density at radius 3 is 2.72 bits per heavy atom. The molecule has 3 aromatic rings. The summed E-state index contributed by atoms with van der Waals surface area (Å²) in [5.74, 6) is -0.176. The molecule has 29 heavy (non-hydrogen) atoms. The van der Waals surface area contributed by atoms with Crippen LogP contribution in [0.15, 0.2) is 47.3 Å². The number of carbonyl (C=O) groups excluding carboxylic acids is 1. The molecule has 5 nitrogen and oxygen atoms in total. The fourth-order valence-electron chi connectivity index (χ4n) is 3.82. The van der Waals surface area contributed by atoms with E-state index in [1.54, 1.807) is 18.2 Å². The zero-order valence-electron chi connectivity index (χ0n) is 16.2. The van der Waals surface area contributed by atoms with Gasteiger partial charge in [-0.2, -0.15) is 5.10 Å². The van der Waals surface area contributed by atoms with Gasteiger partial charge in [0.2, 0.25) is 0 Å². The lowest BCUT2D eigenvalue weighted by atomic mass is 9.90. The molecule has 6 heteroatoms. The number of benzene rings is 2. The molecule has 1 aliphatic rings. The predicted molar refractivity (Wildman–Crippen MR) is 115 cm³/mol. The van der Waals surface area contributed by atoms with Crippen LogP contribution in [0.1, 0.15) is 51.1 Å². The number of anilines is 1. The number of nitrogens with one attached hydrogen (secondary N) is 2. The summed E-state index contributed by atoms with van der Waals surface area (Å²) < 4.78 is 0. The van der Waals surface area contributed by atoms with Crippen molar-refractivity contribution in [3.05, 3.63) is 91.4 Å². The monoisotopic (exact) mass is 407 g/mol. The van der Waals surface area contributed by atoms with E-state index >= 15 is 0 Å². The lowest BCUT2D eigenvalue weighted by Gasteiger charge is -2.17. The molecule has 1 heterocycles. The minimum Gasteiger partial charge on any atom is -0.322 e. The molecule has 0 unspecified atom stereocenters. The number of nitrogens with zero attached hydrogens (tertiary/aromatic N) is 1. The van der Waals surface area contributed by atoms with Gasteiger partial charge < -0.3 is 5.32 Å². The number of hydrogen-bond acceptors (Lipinski definition) is 3. The lowest BCUT2D eigenvalue weighted by Crippen LogP contribution is -2.23. The smallest absolute Gasteiger partial charge is 0.267 e. The van der Waals surface area contributed by atoms with E-state index in [1.807, 2.05) is 31.2 Å². The van der Waals surface area contributed by atoms with E-state index in [9.17, 15) is 9.59 Å². The maximum absolute atomic E-state index is 12.7. The fraction of sp³-hybridized carbons (Fsp3) is 0.261. The van der Waals surface area contributed by atoms with Crippen LogP contribution in [0.5, 0.6) is 0 Å². The first-order valence-corrected chi connectivity index (χ1v) is 10.1. The molecule has 2 aromatic carbocycles. The molecule has 0 spiro atoms. The van der Waals surface area contributed by atoms with Crippen molar-refractivity contribution >= 4 is 23.2 Å². The summed E-state index contributed by atoms with van der Waals surface area (Å²) in [6.07, 6.45) is 4.40. The van der Waals surface area contributed by atoms with Crippen LogP contribution in [-0.4, -0.2) is 16.1 Å². The van der Waals surface area contributed by atoms with Gasteiger partial charge in [0.25, 0.3) is 11.5 Å². The molecule has 0 atom stereocenters. The first-order chi connectivity index (χ1) is 14.0. The van der Waals surface area contributed by atoms with Gasteiger partial charge in [-0.1, -0.05) is 23.7 Å². The Balaban J connectivity index is 1.55. The third-order valence-corrected chi connectivity index (χ3v) is 5.78. The largest absolute Gasteiger partial charge is 0.322 e. The number of aromatic amines is 1. The van der Waals surface area contributed by atoms with Gasteiger partial charge in [-0.25, -0.2) is 5.10 Å². The topological polar surface area (TPSA) is 74.8 Å². The maximum Gasteiger partial charge on any atom is 0.267 e. The van der Waals surface area contributed by atoms with E-state index in [0.29, 0.717) is 22.7 Å². The minimum absolute atomic E-state index is 0.0742. The van der Waals surface area contributed by atoms with Gasteiger partial charge >= 0.3 is 0 Å². The summed E-state index contributed by atoms with van der Waals surface area (Å²) in [5, 5.41) is 10.5. The quantitative estimate of drug-likeness (QED) is 0.670. The highest BCUT2D eigenvalue weighted by molar-refractivity contribution is 6.31. The highest BCUT2D eigenvalue weighted by atomic mass is 35.5. The standard InChI is InChI=1S/C23H22ClN3O2/c1-14-11-17(9-10-20(14)24)25-22(28)16-6-4-5-15(12-16)13-21-18-7-2-3-8-19(18)23(29)27-26-21/h4-6,9-12H,2-3,7-8,13H2,1H3,(H,25,28)(H,27,29). The lowest BCUT2D eigenvalue weighted by molar-refractivity contribution is 0.102. The molecular formula is C23H22ClN3O2. The van der Waals surface area contributed by atoms with E-state index in [4.69, 9.17) is 11.6 Å². The van der Waals surface area contributed by atoms with Crippen LogP contribution in [0.4, 0.5) is 5.69 Å². The van der Waals surface area contributed by atoms with E-state index in [0.717, 1.165) is 53.6 Å². The molecule has 2 N–H and O–H groups in total. The maximum atomic E-state index is 12.7. The molecule has 1 amide bonds. The number of hydrogen-bond donors (Lipinski definition) is 2. The Labute approximate surface area is 174 Å². The van der Waals surface area contributed by atoms with E-state index < -0.39 is 0 Å². The Morgan fingerprint density at radius 1 is 1.14 bits per heavy atom. The molecule has 0 saturated heterocycles. The number of rotatable bonds is 4. The van der Waals surface area contributed by atoms with Crippen molar-refractivity contribution in [2.45, 2.75) is 39.0 Å². The van der Waals surface area contributed by atoms with Crippen molar-refractivity contribution in [3.63, 3.8) is 0 Å². The molecule has 0 saturated carbocycles. The van der Waals surface area contributed by atoms with Crippen LogP contribution in [0.3, 0.4) is 0 Å². The minimum atomic E-state index is -0.176. The van der Waals surface area contributed by atoms with Gasteiger partial charge in [0.1, 0.15) is 0 Å². The number of aromatic nitrogens is 2. The van der Waals surface area contributed by atoms with Crippen molar-refractivity contribution in [1.29, 1.82) is 0 Å². The van der Waals surface area contributed by atoms with E-state index in [2.05, 4.69) is 15.5 Å². The predicted octanol–water partition coefficient (Wildman–Crippen LogP) is 4.45. The van der Waals surface area contributed by atoms with Crippen molar-refractivity contribution in [3.8, 4) is 0 Å². The zero-order chi connectivity index (χ0) is 20.4. The highest BCUT2D eigenvalue weighted by Crippen LogP contribution is 2.23. The van der Waals surface area contributed by atoms with Crippen LogP contribution < -0.4 is 10.9 Å². The first-order valence-electron chi connectivity index (χ1n) is 9.77. The second kappa shape index (κ2) is 8.21. The van der Waals surface area contributed by atoms with Gasteiger partial charge in [0.05, 0.1) is 5.69 Å². The number of carbonyl (C=O) groups is 1. The zero-order valence-corrected chi connectivity index (χ0v) is 17.0. The van der Waals surface area contributed by atoms with Crippen LogP contribution in [0, 0.1) is 6.92 Å². The Kier molecular flexibility index (Phi) is 5.49. The summed E-state index contributed by atoms with van der Waals surface area (Å²) in [6.45, 7) is 1.90. The normalized spacial score (nSPS) is 13.0. The van der Waals surface area contributed by atoms with Crippen LogP contribution in [0.25, 0.3) is 0 Å². The Bertz CT molecular complexity index is 1140. The van der Waals surface area contributed by atoms with E-state index in [1.165, 1.54) is 0 Å². The number of fused-ring (bicyclic) bond motifs is 1. The first kappa shape index (κ1) is 19.4. The second-order valence-electron chi connectivity index (χ2n) is 7.46. The summed E-state index contributed by atoms with van der Waals surface area (Å²) in [4.78, 5) is 24.7. The summed E-state index contributed by atoms with van der Waals surface area (Å²) >= 11 is 6.05. The number of amides is 1. The molecule has 0 bridgehead atoms. The SMILES string of the molecule is Cc1cc(NC(=O)c2cccc(Cc3n[nH]c(=O)c4c3CCCC4)c2)ccc1Cl. The molecule has 4 rings (SSSR count). The van der Waals surface area contributed by atoms with Gasteiger partial charge in [-0.05, 0) is 79.6 Å².